The summed E-state index contributed by atoms with van der Waals surface area (Å²) < 4.78 is 71.2. The fourth-order valence-electron chi connectivity index (χ4n) is 4.98. The Labute approximate surface area is 174 Å². The Balaban J connectivity index is 1.84. The molecular formula is C20H20F5N3O3. The molecule has 1 aliphatic carbocycles. The van der Waals surface area contributed by atoms with Gasteiger partial charge >= 0.3 is 12.3 Å². The molecule has 2 heterocycles. The molecule has 4 rings (SSSR count). The van der Waals surface area contributed by atoms with Crippen molar-refractivity contribution in [3.8, 4) is 11.4 Å². The summed E-state index contributed by atoms with van der Waals surface area (Å²) in [7, 11) is 0. The maximum absolute atomic E-state index is 13.8. The number of aromatic nitrogens is 2. The highest BCUT2D eigenvalue weighted by molar-refractivity contribution is 5.83. The second kappa shape index (κ2) is 7.47. The number of piperidine rings is 1. The Morgan fingerprint density at radius 3 is 2.42 bits per heavy atom. The minimum Gasteiger partial charge on any atom is -0.481 e. The number of ether oxygens (including phenoxy) is 1. The smallest absolute Gasteiger partial charge is 0.481 e. The fraction of sp³-hybridized carbons (Fsp3) is 0.500. The van der Waals surface area contributed by atoms with Gasteiger partial charge in [0.25, 0.3) is 6.43 Å². The first kappa shape index (κ1) is 21.5. The highest BCUT2D eigenvalue weighted by Crippen LogP contribution is 2.61. The maximum atomic E-state index is 13.8. The molecule has 0 atom stereocenters. The molecule has 2 aromatic rings. The molecule has 11 heteroatoms. The van der Waals surface area contributed by atoms with E-state index in [2.05, 4.69) is 15.2 Å². The molecule has 1 spiro atoms. The van der Waals surface area contributed by atoms with E-state index in [1.165, 1.54) is 18.2 Å². The summed E-state index contributed by atoms with van der Waals surface area (Å²) in [6, 6.07) is 4.94. The van der Waals surface area contributed by atoms with Crippen LogP contribution in [0.3, 0.4) is 0 Å². The zero-order valence-electron chi connectivity index (χ0n) is 16.3. The van der Waals surface area contributed by atoms with Crippen LogP contribution in [0.4, 0.5) is 22.0 Å². The van der Waals surface area contributed by atoms with Gasteiger partial charge < -0.3 is 15.2 Å². The molecule has 1 aromatic carbocycles. The summed E-state index contributed by atoms with van der Waals surface area (Å²) in [6.45, 7) is 1.39. The van der Waals surface area contributed by atoms with Gasteiger partial charge in [0.05, 0.1) is 17.5 Å². The SMILES string of the molecule is O=C(O)C1(c2c(C(F)F)cnn2-c2ccccc2OC(F)(F)F)CC2(CCNCC2)C1. The molecule has 1 saturated heterocycles. The van der Waals surface area contributed by atoms with Gasteiger partial charge in [0.15, 0.2) is 5.75 Å². The Hall–Kier alpha value is -2.69. The number of carbonyl (C=O) groups is 1. The van der Waals surface area contributed by atoms with Crippen LogP contribution in [0.25, 0.3) is 5.69 Å². The van der Waals surface area contributed by atoms with Gasteiger partial charge in [-0.05, 0) is 56.3 Å². The first-order chi connectivity index (χ1) is 14.6. The molecule has 1 aromatic heterocycles. The van der Waals surface area contributed by atoms with Crippen LogP contribution in [0.15, 0.2) is 30.5 Å². The summed E-state index contributed by atoms with van der Waals surface area (Å²) in [5, 5.41) is 17.2. The second-order valence-corrected chi connectivity index (χ2v) is 8.17. The third-order valence-electron chi connectivity index (χ3n) is 6.23. The molecule has 2 N–H and O–H groups in total. The highest BCUT2D eigenvalue weighted by Gasteiger charge is 2.62. The Morgan fingerprint density at radius 2 is 1.84 bits per heavy atom. The standard InChI is InChI=1S/C20H20F5N3O3/c21-16(22)12-9-27-28(13-3-1-2-4-14(13)31-20(23,24)25)15(12)19(17(29)30)10-18(11-19)5-7-26-8-6-18/h1-4,9,16,26H,5-8,10-11H2,(H,29,30). The Kier molecular flexibility index (Phi) is 5.19. The van der Waals surface area contributed by atoms with E-state index in [4.69, 9.17) is 0 Å². The summed E-state index contributed by atoms with van der Waals surface area (Å²) >= 11 is 0. The average Bonchev–Trinajstić information content (AvgIpc) is 3.10. The number of carboxylic acid groups (broad SMARTS) is 1. The monoisotopic (exact) mass is 445 g/mol. The minimum absolute atomic E-state index is 0.116. The van der Waals surface area contributed by atoms with Gasteiger partial charge in [0.2, 0.25) is 0 Å². The molecule has 31 heavy (non-hydrogen) atoms. The van der Waals surface area contributed by atoms with Crippen molar-refractivity contribution >= 4 is 5.97 Å². The number of para-hydroxylation sites is 2. The Morgan fingerprint density at radius 1 is 1.19 bits per heavy atom. The number of halogens is 5. The van der Waals surface area contributed by atoms with Crippen LogP contribution in [-0.4, -0.2) is 40.3 Å². The van der Waals surface area contributed by atoms with E-state index < -0.39 is 35.5 Å². The van der Waals surface area contributed by atoms with Crippen molar-refractivity contribution in [1.82, 2.24) is 15.1 Å². The van der Waals surface area contributed by atoms with E-state index in [0.29, 0.717) is 25.9 Å². The second-order valence-electron chi connectivity index (χ2n) is 8.17. The number of carboxylic acids is 1. The van der Waals surface area contributed by atoms with E-state index in [0.717, 1.165) is 16.9 Å². The number of rotatable bonds is 5. The summed E-state index contributed by atoms with van der Waals surface area (Å²) in [5.74, 6) is -1.95. The molecule has 0 bridgehead atoms. The van der Waals surface area contributed by atoms with Crippen LogP contribution in [-0.2, 0) is 10.2 Å². The first-order valence-electron chi connectivity index (χ1n) is 9.73. The third-order valence-corrected chi connectivity index (χ3v) is 6.23. The van der Waals surface area contributed by atoms with Crippen molar-refractivity contribution in [2.75, 3.05) is 13.1 Å². The minimum atomic E-state index is -5.02. The molecule has 0 amide bonds. The van der Waals surface area contributed by atoms with Gasteiger partial charge in [0.1, 0.15) is 11.1 Å². The lowest BCUT2D eigenvalue weighted by molar-refractivity contribution is -0.274. The van der Waals surface area contributed by atoms with Crippen molar-refractivity contribution in [3.05, 3.63) is 41.7 Å². The topological polar surface area (TPSA) is 76.4 Å². The van der Waals surface area contributed by atoms with Gasteiger partial charge in [-0.15, -0.1) is 13.2 Å². The molecule has 1 aliphatic heterocycles. The first-order valence-corrected chi connectivity index (χ1v) is 9.73. The van der Waals surface area contributed by atoms with Gasteiger partial charge in [-0.3, -0.25) is 4.79 Å². The maximum Gasteiger partial charge on any atom is 0.573 e. The zero-order valence-corrected chi connectivity index (χ0v) is 16.3. The number of nitrogens with zero attached hydrogens (tertiary/aromatic N) is 2. The normalized spacial score (nSPS) is 19.9. The van der Waals surface area contributed by atoms with Gasteiger partial charge in [-0.1, -0.05) is 12.1 Å². The van der Waals surface area contributed by atoms with Crippen LogP contribution in [0.1, 0.15) is 43.4 Å². The van der Waals surface area contributed by atoms with E-state index in [1.807, 2.05) is 0 Å². The van der Waals surface area contributed by atoms with E-state index in [1.54, 1.807) is 0 Å². The van der Waals surface area contributed by atoms with Crippen molar-refractivity contribution in [2.24, 2.45) is 5.41 Å². The van der Waals surface area contributed by atoms with E-state index in [9.17, 15) is 31.9 Å². The molecule has 0 unspecified atom stereocenters. The largest absolute Gasteiger partial charge is 0.573 e. The molecule has 6 nitrogen and oxygen atoms in total. The number of hydrogen-bond acceptors (Lipinski definition) is 4. The molecular weight excluding hydrogens is 425 g/mol. The lowest BCUT2D eigenvalue weighted by Crippen LogP contribution is -2.58. The number of benzene rings is 1. The van der Waals surface area contributed by atoms with E-state index in [-0.39, 0.29) is 29.6 Å². The number of alkyl halides is 5. The fourth-order valence-corrected chi connectivity index (χ4v) is 4.98. The molecule has 168 valence electrons. The summed E-state index contributed by atoms with van der Waals surface area (Å²) in [6.07, 6.45) is -5.60. The average molecular weight is 445 g/mol. The predicted molar refractivity (Wildman–Crippen MR) is 98.3 cm³/mol. The van der Waals surface area contributed by atoms with Crippen LogP contribution in [0.5, 0.6) is 5.75 Å². The van der Waals surface area contributed by atoms with E-state index >= 15 is 0 Å². The van der Waals surface area contributed by atoms with Crippen LogP contribution < -0.4 is 10.1 Å². The lowest BCUT2D eigenvalue weighted by atomic mass is 9.48. The molecule has 2 fully saturated rings. The van der Waals surface area contributed by atoms with Gasteiger partial charge in [-0.25, -0.2) is 13.5 Å². The van der Waals surface area contributed by atoms with Crippen molar-refractivity contribution in [2.45, 2.75) is 43.9 Å². The Bertz CT molecular complexity index is 975. The van der Waals surface area contributed by atoms with Gasteiger partial charge in [0, 0.05) is 0 Å². The number of hydrogen-bond donors (Lipinski definition) is 2. The molecule has 2 aliphatic rings. The highest BCUT2D eigenvalue weighted by atomic mass is 19.4. The predicted octanol–water partition coefficient (Wildman–Crippen LogP) is 4.19. The summed E-state index contributed by atoms with van der Waals surface area (Å²) in [4.78, 5) is 12.4. The zero-order chi connectivity index (χ0) is 22.4. The van der Waals surface area contributed by atoms with Crippen molar-refractivity contribution < 1.29 is 36.6 Å². The summed E-state index contributed by atoms with van der Waals surface area (Å²) in [5.41, 5.74) is -3.13. The van der Waals surface area contributed by atoms with Crippen LogP contribution in [0.2, 0.25) is 0 Å². The molecule has 1 saturated carbocycles. The van der Waals surface area contributed by atoms with Crippen molar-refractivity contribution in [1.29, 1.82) is 0 Å². The van der Waals surface area contributed by atoms with Crippen LogP contribution >= 0.6 is 0 Å². The lowest BCUT2D eigenvalue weighted by Gasteiger charge is -2.56. The van der Waals surface area contributed by atoms with Crippen molar-refractivity contribution in [3.63, 3.8) is 0 Å². The number of aliphatic carboxylic acids is 1. The number of nitrogens with one attached hydrogen (secondary N) is 1. The molecule has 0 radical (unpaired) electrons. The third kappa shape index (κ3) is 3.75. The van der Waals surface area contributed by atoms with Gasteiger partial charge in [-0.2, -0.15) is 5.10 Å². The van der Waals surface area contributed by atoms with Crippen LogP contribution in [0, 0.1) is 5.41 Å². The quantitative estimate of drug-likeness (QED) is 0.675.